The molecular formula is C34H42N8O2. The van der Waals surface area contributed by atoms with Crippen LogP contribution in [0.2, 0.25) is 0 Å². The highest BCUT2D eigenvalue weighted by atomic mass is 16.5. The Morgan fingerprint density at radius 3 is 2.82 bits per heavy atom. The fraction of sp³-hybridized carbons (Fsp3) is 0.588. The Labute approximate surface area is 259 Å². The number of rotatable bonds is 5. The predicted molar refractivity (Wildman–Crippen MR) is 168 cm³/mol. The molecule has 4 heterocycles. The molecule has 5 aliphatic rings. The first-order valence-electron chi connectivity index (χ1n) is 16.4. The van der Waals surface area contributed by atoms with Crippen molar-refractivity contribution < 1.29 is 9.26 Å². The number of aryl methyl sites for hydroxylation is 1. The molecular weight excluding hydrogens is 552 g/mol. The summed E-state index contributed by atoms with van der Waals surface area (Å²) in [5.41, 5.74) is 11.2. The van der Waals surface area contributed by atoms with Gasteiger partial charge in [-0.1, -0.05) is 11.2 Å². The summed E-state index contributed by atoms with van der Waals surface area (Å²) in [5, 5.41) is 18.6. The minimum absolute atomic E-state index is 0.00540. The fourth-order valence-electron chi connectivity index (χ4n) is 8.80. The van der Waals surface area contributed by atoms with Gasteiger partial charge in [-0.15, -0.1) is 0 Å². The van der Waals surface area contributed by atoms with Crippen molar-refractivity contribution in [1.82, 2.24) is 25.3 Å². The van der Waals surface area contributed by atoms with Crippen LogP contribution >= 0.6 is 0 Å². The Morgan fingerprint density at radius 2 is 2.05 bits per heavy atom. The molecule has 230 valence electrons. The SMILES string of the molecule is C[C@H](Oc1cc(N2C[C@H](C)NC3(CC3)C2)nc(-c2noc3c2CCC[C@@]32CCc3ccc(N)c(C#N)c32)n1)[C@@H]1CCCN1C. The second-order valence-corrected chi connectivity index (χ2v) is 14.1. The summed E-state index contributed by atoms with van der Waals surface area (Å²) >= 11 is 0. The topological polar surface area (TPSA) is 129 Å². The molecule has 0 bridgehead atoms. The molecule has 2 saturated heterocycles. The van der Waals surface area contributed by atoms with Crippen LogP contribution < -0.4 is 20.7 Å². The summed E-state index contributed by atoms with van der Waals surface area (Å²) in [6.45, 7) is 7.28. The number of hydrogen-bond acceptors (Lipinski definition) is 10. The van der Waals surface area contributed by atoms with Gasteiger partial charge in [0.25, 0.3) is 0 Å². The molecule has 1 aromatic carbocycles. The van der Waals surface area contributed by atoms with E-state index >= 15 is 0 Å². The number of likely N-dealkylation sites (N-methyl/N-ethyl adjacent to an activating group) is 1. The van der Waals surface area contributed by atoms with Gasteiger partial charge in [-0.05, 0) is 102 Å². The Morgan fingerprint density at radius 1 is 1.18 bits per heavy atom. The molecule has 1 saturated carbocycles. The Balaban J connectivity index is 1.21. The van der Waals surface area contributed by atoms with Gasteiger partial charge in [0.05, 0.1) is 11.0 Å². The van der Waals surface area contributed by atoms with E-state index in [1.165, 1.54) is 24.8 Å². The van der Waals surface area contributed by atoms with Crippen molar-refractivity contribution >= 4 is 11.5 Å². The highest BCUT2D eigenvalue weighted by Crippen LogP contribution is 2.54. The highest BCUT2D eigenvalue weighted by molar-refractivity contribution is 5.68. The van der Waals surface area contributed by atoms with Crippen molar-refractivity contribution in [3.63, 3.8) is 0 Å². The zero-order valence-electron chi connectivity index (χ0n) is 26.0. The summed E-state index contributed by atoms with van der Waals surface area (Å²) in [6, 6.07) is 9.08. The zero-order chi connectivity index (χ0) is 30.2. The van der Waals surface area contributed by atoms with Gasteiger partial charge in [0.15, 0.2) is 17.3 Å². The molecule has 4 atom stereocenters. The van der Waals surface area contributed by atoms with Crippen LogP contribution in [0, 0.1) is 11.3 Å². The van der Waals surface area contributed by atoms with Crippen LogP contribution in [-0.4, -0.2) is 70.4 Å². The Bertz CT molecular complexity index is 1660. The number of hydrogen-bond donors (Lipinski definition) is 2. The third-order valence-electron chi connectivity index (χ3n) is 11.0. The largest absolute Gasteiger partial charge is 0.473 e. The highest BCUT2D eigenvalue weighted by Gasteiger charge is 2.50. The van der Waals surface area contributed by atoms with Crippen LogP contribution in [0.1, 0.15) is 86.8 Å². The van der Waals surface area contributed by atoms with Crippen LogP contribution in [-0.2, 0) is 18.3 Å². The first-order chi connectivity index (χ1) is 21.3. The Kier molecular flexibility index (Phi) is 6.44. The zero-order valence-corrected chi connectivity index (χ0v) is 26.0. The predicted octanol–water partition coefficient (Wildman–Crippen LogP) is 4.35. The number of ether oxygens (including phenoxy) is 1. The molecule has 3 N–H and O–H groups in total. The normalized spacial score (nSPS) is 27.7. The first-order valence-corrected chi connectivity index (χ1v) is 16.4. The van der Waals surface area contributed by atoms with E-state index in [9.17, 15) is 5.26 Å². The van der Waals surface area contributed by atoms with E-state index < -0.39 is 5.41 Å². The number of fused-ring (bicyclic) bond motifs is 4. The minimum atomic E-state index is -0.403. The number of aromatic nitrogens is 3. The standard InChI is InChI=1S/C34H42N8O2/c1-20-18-42(19-33(39-20)13-14-33)27-16-28(43-21(2)26-7-5-15-41(26)3)38-32(37-27)30-23-6-4-11-34(31(23)44-40-30)12-10-22-8-9-25(36)24(17-35)29(22)34/h8-9,16,20-21,26,39H,4-7,10-15,18-19,36H2,1-3H3/t20-,21-,26-,34-/m0/s1. The van der Waals surface area contributed by atoms with Gasteiger partial charge in [-0.2, -0.15) is 10.2 Å². The van der Waals surface area contributed by atoms with Crippen LogP contribution in [0.5, 0.6) is 5.88 Å². The van der Waals surface area contributed by atoms with Crippen LogP contribution in [0.4, 0.5) is 11.5 Å². The molecule has 8 rings (SSSR count). The summed E-state index contributed by atoms with van der Waals surface area (Å²) in [4.78, 5) is 14.9. The van der Waals surface area contributed by atoms with Gasteiger partial charge in [0.1, 0.15) is 18.0 Å². The molecule has 0 unspecified atom stereocenters. The van der Waals surface area contributed by atoms with E-state index in [0.717, 1.165) is 80.9 Å². The summed E-state index contributed by atoms with van der Waals surface area (Å²) in [6.07, 6.45) is 9.15. The van der Waals surface area contributed by atoms with Gasteiger partial charge in [0.2, 0.25) is 5.88 Å². The van der Waals surface area contributed by atoms with E-state index in [2.05, 4.69) is 53.3 Å². The number of nitriles is 1. The molecule has 2 aliphatic heterocycles. The average molecular weight is 595 g/mol. The van der Waals surface area contributed by atoms with Crippen molar-refractivity contribution in [2.75, 3.05) is 37.3 Å². The van der Waals surface area contributed by atoms with Crippen LogP contribution in [0.15, 0.2) is 22.7 Å². The Hall–Kier alpha value is -3.68. The van der Waals surface area contributed by atoms with E-state index in [0.29, 0.717) is 40.7 Å². The lowest BCUT2D eigenvalue weighted by atomic mass is 9.68. The minimum Gasteiger partial charge on any atom is -0.473 e. The van der Waals surface area contributed by atoms with Gasteiger partial charge < -0.3 is 25.2 Å². The molecule has 44 heavy (non-hydrogen) atoms. The van der Waals surface area contributed by atoms with Gasteiger partial charge in [-0.3, -0.25) is 4.90 Å². The van der Waals surface area contributed by atoms with E-state index in [1.54, 1.807) is 0 Å². The maximum Gasteiger partial charge on any atom is 0.219 e. The van der Waals surface area contributed by atoms with Gasteiger partial charge >= 0.3 is 0 Å². The molecule has 10 nitrogen and oxygen atoms in total. The van der Waals surface area contributed by atoms with Crippen molar-refractivity contribution in [2.45, 2.75) is 101 Å². The number of benzene rings is 1. The molecule has 0 amide bonds. The molecule has 0 radical (unpaired) electrons. The monoisotopic (exact) mass is 594 g/mol. The third kappa shape index (κ3) is 4.39. The number of nitrogens with one attached hydrogen (secondary N) is 1. The van der Waals surface area contributed by atoms with Gasteiger partial charge in [-0.25, -0.2) is 4.98 Å². The summed E-state index contributed by atoms with van der Waals surface area (Å²) < 4.78 is 12.9. The molecule has 2 spiro atoms. The number of nitrogens with two attached hydrogens (primary N) is 1. The van der Waals surface area contributed by atoms with Crippen molar-refractivity contribution in [3.8, 4) is 23.5 Å². The second-order valence-electron chi connectivity index (χ2n) is 14.1. The molecule has 3 aliphatic carbocycles. The van der Waals surface area contributed by atoms with Crippen molar-refractivity contribution in [1.29, 1.82) is 5.26 Å². The first kappa shape index (κ1) is 27.8. The summed E-state index contributed by atoms with van der Waals surface area (Å²) in [5.74, 6) is 2.87. The van der Waals surface area contributed by atoms with E-state index in [-0.39, 0.29) is 11.6 Å². The number of nitrogen functional groups attached to an aromatic ring is 1. The number of nitrogens with zero attached hydrogens (tertiary/aromatic N) is 6. The number of anilines is 2. The van der Waals surface area contributed by atoms with Crippen molar-refractivity contribution in [2.24, 2.45) is 0 Å². The second kappa shape index (κ2) is 10.2. The third-order valence-corrected chi connectivity index (χ3v) is 11.0. The average Bonchev–Trinajstić information content (AvgIpc) is 3.32. The maximum atomic E-state index is 10.1. The number of piperazine rings is 1. The number of likely N-dealkylation sites (tertiary alicyclic amines) is 1. The lowest BCUT2D eigenvalue weighted by Gasteiger charge is -2.39. The molecule has 2 aromatic heterocycles. The lowest BCUT2D eigenvalue weighted by molar-refractivity contribution is 0.117. The van der Waals surface area contributed by atoms with E-state index in [4.69, 9.17) is 25.0 Å². The smallest absolute Gasteiger partial charge is 0.219 e. The van der Waals surface area contributed by atoms with Crippen molar-refractivity contribution in [3.05, 3.63) is 46.2 Å². The lowest BCUT2D eigenvalue weighted by Crippen LogP contribution is -2.57. The van der Waals surface area contributed by atoms with E-state index in [1.807, 2.05) is 12.1 Å². The summed E-state index contributed by atoms with van der Waals surface area (Å²) in [7, 11) is 2.18. The fourth-order valence-corrected chi connectivity index (χ4v) is 8.80. The van der Waals surface area contributed by atoms with Gasteiger partial charge in [0, 0.05) is 48.0 Å². The quantitative estimate of drug-likeness (QED) is 0.412. The molecule has 3 fully saturated rings. The maximum absolute atomic E-state index is 10.1. The molecule has 10 heteroatoms. The van der Waals surface area contributed by atoms with Crippen LogP contribution in [0.3, 0.4) is 0 Å². The molecule has 3 aromatic rings. The van der Waals surface area contributed by atoms with Crippen LogP contribution in [0.25, 0.3) is 11.5 Å².